The third-order valence-corrected chi connectivity index (χ3v) is 2.55. The van der Waals surface area contributed by atoms with E-state index in [1.807, 2.05) is 25.2 Å². The van der Waals surface area contributed by atoms with E-state index < -0.39 is 6.17 Å². The molecule has 16 heavy (non-hydrogen) atoms. The van der Waals surface area contributed by atoms with E-state index in [0.717, 1.165) is 11.3 Å². The van der Waals surface area contributed by atoms with Gasteiger partial charge in [0, 0.05) is 13.2 Å². The largest absolute Gasteiger partial charge is 0.268 e. The number of halogens is 1. The number of alkyl halides is 1. The van der Waals surface area contributed by atoms with Gasteiger partial charge in [0.2, 0.25) is 0 Å². The molecule has 2 aromatic rings. The highest BCUT2D eigenvalue weighted by Gasteiger charge is 2.06. The highest BCUT2D eigenvalue weighted by Crippen LogP contribution is 2.23. The first-order valence-electron chi connectivity index (χ1n) is 5.07. The van der Waals surface area contributed by atoms with Gasteiger partial charge in [0.15, 0.2) is 0 Å². The molecular weight excluding hydrogens is 203 g/mol. The van der Waals surface area contributed by atoms with Crippen LogP contribution >= 0.6 is 0 Å². The zero-order valence-corrected chi connectivity index (χ0v) is 9.10. The molecule has 1 atom stereocenters. The lowest BCUT2D eigenvalue weighted by atomic mass is 10.1. The molecule has 0 radical (unpaired) electrons. The summed E-state index contributed by atoms with van der Waals surface area (Å²) in [4.78, 5) is 0. The number of benzene rings is 1. The van der Waals surface area contributed by atoms with E-state index in [1.54, 1.807) is 23.0 Å². The number of rotatable bonds is 3. The summed E-state index contributed by atoms with van der Waals surface area (Å²) < 4.78 is 15.1. The molecule has 0 saturated carbocycles. The predicted octanol–water partition coefficient (Wildman–Crippen LogP) is 3.28. The molecule has 0 bridgehead atoms. The molecule has 1 aromatic heterocycles. The van der Waals surface area contributed by atoms with Gasteiger partial charge in [0.05, 0.1) is 5.69 Å². The van der Waals surface area contributed by atoms with Crippen molar-refractivity contribution in [3.05, 3.63) is 54.7 Å². The molecule has 0 saturated heterocycles. The minimum Gasteiger partial charge on any atom is -0.268 e. The van der Waals surface area contributed by atoms with Crippen molar-refractivity contribution < 1.29 is 4.39 Å². The summed E-state index contributed by atoms with van der Waals surface area (Å²) >= 11 is 0. The summed E-state index contributed by atoms with van der Waals surface area (Å²) in [5.41, 5.74) is 2.67. The van der Waals surface area contributed by atoms with Crippen molar-refractivity contribution in [2.45, 2.75) is 6.17 Å². The Bertz CT molecular complexity index is 485. The van der Waals surface area contributed by atoms with Crippen molar-refractivity contribution in [3.63, 3.8) is 0 Å². The molecule has 1 heterocycles. The lowest BCUT2D eigenvalue weighted by Crippen LogP contribution is -1.93. The average Bonchev–Trinajstić information content (AvgIpc) is 2.75. The zero-order valence-electron chi connectivity index (χ0n) is 9.10. The first kappa shape index (κ1) is 10.6. The fraction of sp³-hybridized carbons (Fsp3) is 0.154. The fourth-order valence-electron chi connectivity index (χ4n) is 1.63. The van der Waals surface area contributed by atoms with Crippen molar-refractivity contribution in [3.8, 4) is 11.3 Å². The number of hydrogen-bond donors (Lipinski definition) is 0. The molecule has 0 aliphatic heterocycles. The van der Waals surface area contributed by atoms with Crippen molar-refractivity contribution in [2.24, 2.45) is 7.05 Å². The SMILES string of the molecule is C=CC(F)c1ccc(-c2ccnn2C)cc1. The second kappa shape index (κ2) is 4.31. The Morgan fingerprint density at radius 1 is 1.31 bits per heavy atom. The third kappa shape index (κ3) is 1.89. The summed E-state index contributed by atoms with van der Waals surface area (Å²) in [5, 5.41) is 4.09. The van der Waals surface area contributed by atoms with Crippen LogP contribution in [0.3, 0.4) is 0 Å². The van der Waals surface area contributed by atoms with Crippen LogP contribution in [0.25, 0.3) is 11.3 Å². The van der Waals surface area contributed by atoms with Crippen molar-refractivity contribution in [2.75, 3.05) is 0 Å². The standard InChI is InChI=1S/C13H13FN2/c1-3-12(14)10-4-6-11(7-5-10)13-8-9-15-16(13)2/h3-9,12H,1H2,2H3. The van der Waals surface area contributed by atoms with Gasteiger partial charge in [-0.05, 0) is 17.2 Å². The molecule has 0 spiro atoms. The second-order valence-corrected chi connectivity index (χ2v) is 3.60. The molecule has 3 heteroatoms. The van der Waals surface area contributed by atoms with Crippen LogP contribution in [0.2, 0.25) is 0 Å². The molecule has 0 N–H and O–H groups in total. The van der Waals surface area contributed by atoms with Crippen LogP contribution in [0.4, 0.5) is 4.39 Å². The molecule has 82 valence electrons. The molecule has 0 aliphatic carbocycles. The molecular formula is C13H13FN2. The summed E-state index contributed by atoms with van der Waals surface area (Å²) in [6.45, 7) is 3.43. The number of aromatic nitrogens is 2. The molecule has 1 aromatic carbocycles. The van der Waals surface area contributed by atoms with Crippen LogP contribution in [-0.4, -0.2) is 9.78 Å². The normalized spacial score (nSPS) is 12.4. The summed E-state index contributed by atoms with van der Waals surface area (Å²) in [7, 11) is 1.88. The van der Waals surface area contributed by atoms with E-state index >= 15 is 0 Å². The minimum absolute atomic E-state index is 0.626. The lowest BCUT2D eigenvalue weighted by Gasteiger charge is -2.05. The molecule has 0 aliphatic rings. The maximum atomic E-state index is 13.3. The Morgan fingerprint density at radius 2 is 2.00 bits per heavy atom. The first-order valence-corrected chi connectivity index (χ1v) is 5.07. The molecule has 2 rings (SSSR count). The Balaban J connectivity index is 2.33. The molecule has 0 fully saturated rings. The van der Waals surface area contributed by atoms with Gasteiger partial charge < -0.3 is 0 Å². The van der Waals surface area contributed by atoms with Crippen molar-refractivity contribution in [1.29, 1.82) is 0 Å². The van der Waals surface area contributed by atoms with Gasteiger partial charge in [-0.3, -0.25) is 4.68 Å². The van der Waals surface area contributed by atoms with E-state index in [4.69, 9.17) is 0 Å². The molecule has 1 unspecified atom stereocenters. The van der Waals surface area contributed by atoms with Crippen molar-refractivity contribution >= 4 is 0 Å². The topological polar surface area (TPSA) is 17.8 Å². The van der Waals surface area contributed by atoms with Gasteiger partial charge in [0.1, 0.15) is 6.17 Å². The van der Waals surface area contributed by atoms with E-state index in [0.29, 0.717) is 5.56 Å². The van der Waals surface area contributed by atoms with E-state index in [1.165, 1.54) is 6.08 Å². The summed E-state index contributed by atoms with van der Waals surface area (Å²) in [5.74, 6) is 0. The Labute approximate surface area is 94.0 Å². The Kier molecular flexibility index (Phi) is 2.86. The van der Waals surface area contributed by atoms with Crippen LogP contribution in [0, 0.1) is 0 Å². The highest BCUT2D eigenvalue weighted by atomic mass is 19.1. The monoisotopic (exact) mass is 216 g/mol. The number of allylic oxidation sites excluding steroid dienone is 1. The van der Waals surface area contributed by atoms with Gasteiger partial charge >= 0.3 is 0 Å². The van der Waals surface area contributed by atoms with Gasteiger partial charge in [-0.25, -0.2) is 4.39 Å². The predicted molar refractivity (Wildman–Crippen MR) is 62.7 cm³/mol. The molecule has 0 amide bonds. The smallest absolute Gasteiger partial charge is 0.143 e. The second-order valence-electron chi connectivity index (χ2n) is 3.60. The fourth-order valence-corrected chi connectivity index (χ4v) is 1.63. The van der Waals surface area contributed by atoms with Crippen LogP contribution < -0.4 is 0 Å². The number of aryl methyl sites for hydroxylation is 1. The van der Waals surface area contributed by atoms with Crippen LogP contribution in [-0.2, 0) is 7.05 Å². The van der Waals surface area contributed by atoms with Gasteiger partial charge in [0.25, 0.3) is 0 Å². The summed E-state index contributed by atoms with van der Waals surface area (Å²) in [6, 6.07) is 9.25. The van der Waals surface area contributed by atoms with Gasteiger partial charge in [-0.2, -0.15) is 5.10 Å². The van der Waals surface area contributed by atoms with Crippen LogP contribution in [0.1, 0.15) is 11.7 Å². The van der Waals surface area contributed by atoms with E-state index in [2.05, 4.69) is 11.7 Å². The van der Waals surface area contributed by atoms with Gasteiger partial charge in [-0.1, -0.05) is 36.9 Å². The first-order chi connectivity index (χ1) is 7.72. The quantitative estimate of drug-likeness (QED) is 0.720. The third-order valence-electron chi connectivity index (χ3n) is 2.55. The average molecular weight is 216 g/mol. The van der Waals surface area contributed by atoms with Crippen molar-refractivity contribution in [1.82, 2.24) is 9.78 Å². The Hall–Kier alpha value is -1.90. The summed E-state index contributed by atoms with van der Waals surface area (Å²) in [6.07, 6.45) is 1.94. The number of hydrogen-bond acceptors (Lipinski definition) is 1. The van der Waals surface area contributed by atoms with E-state index in [9.17, 15) is 4.39 Å². The highest BCUT2D eigenvalue weighted by molar-refractivity contribution is 5.59. The lowest BCUT2D eigenvalue weighted by molar-refractivity contribution is 0.415. The van der Waals surface area contributed by atoms with Crippen LogP contribution in [0.15, 0.2) is 49.2 Å². The maximum absolute atomic E-state index is 13.3. The van der Waals surface area contributed by atoms with Gasteiger partial charge in [-0.15, -0.1) is 0 Å². The minimum atomic E-state index is -1.10. The maximum Gasteiger partial charge on any atom is 0.143 e. The van der Waals surface area contributed by atoms with E-state index in [-0.39, 0.29) is 0 Å². The zero-order chi connectivity index (χ0) is 11.5. The molecule has 2 nitrogen and oxygen atoms in total. The Morgan fingerprint density at radius 3 is 2.50 bits per heavy atom. The number of nitrogens with zero attached hydrogens (tertiary/aromatic N) is 2. The van der Waals surface area contributed by atoms with Crippen LogP contribution in [0.5, 0.6) is 0 Å².